The molecule has 0 aliphatic carbocycles. The van der Waals surface area contributed by atoms with E-state index in [4.69, 9.17) is 4.98 Å². The van der Waals surface area contributed by atoms with Crippen LogP contribution in [0.2, 0.25) is 0 Å². The summed E-state index contributed by atoms with van der Waals surface area (Å²) in [6.07, 6.45) is 1.66. The molecule has 11 rings (SSSR count). The quantitative estimate of drug-likeness (QED) is 0.146. The summed E-state index contributed by atoms with van der Waals surface area (Å²) < 4.78 is 2.36. The van der Waals surface area contributed by atoms with Crippen molar-refractivity contribution in [1.82, 2.24) is 14.5 Å². The number of benzene rings is 9. The molecular formula is C58H40N4. The number of aromatic nitrogens is 3. The molecule has 4 heteroatoms. The van der Waals surface area contributed by atoms with E-state index in [9.17, 15) is 0 Å². The van der Waals surface area contributed by atoms with Gasteiger partial charge in [0.1, 0.15) is 6.33 Å². The average molecular weight is 793 g/mol. The number of anilines is 3. The van der Waals surface area contributed by atoms with E-state index in [2.05, 4.69) is 245 Å². The summed E-state index contributed by atoms with van der Waals surface area (Å²) in [7, 11) is 0. The van der Waals surface area contributed by atoms with Gasteiger partial charge in [-0.05, 0) is 106 Å². The Balaban J connectivity index is 0.926. The fourth-order valence-corrected chi connectivity index (χ4v) is 8.61. The minimum absolute atomic E-state index is 0.876. The normalized spacial score (nSPS) is 11.2. The molecule has 0 radical (unpaired) electrons. The second-order valence-electron chi connectivity index (χ2n) is 15.5. The Labute approximate surface area is 361 Å². The molecule has 0 saturated heterocycles. The highest BCUT2D eigenvalue weighted by molar-refractivity contribution is 6.10. The summed E-state index contributed by atoms with van der Waals surface area (Å²) >= 11 is 0. The summed E-state index contributed by atoms with van der Waals surface area (Å²) in [5.41, 5.74) is 17.7. The highest BCUT2D eigenvalue weighted by atomic mass is 15.1. The van der Waals surface area contributed by atoms with Crippen molar-refractivity contribution in [3.63, 3.8) is 0 Å². The fourth-order valence-electron chi connectivity index (χ4n) is 8.61. The highest BCUT2D eigenvalue weighted by Crippen LogP contribution is 2.39. The maximum Gasteiger partial charge on any atom is 0.116 e. The molecule has 2 aromatic heterocycles. The Hall–Kier alpha value is -8.34. The molecule has 62 heavy (non-hydrogen) atoms. The molecule has 0 fully saturated rings. The van der Waals surface area contributed by atoms with Gasteiger partial charge in [-0.1, -0.05) is 164 Å². The zero-order valence-electron chi connectivity index (χ0n) is 33.9. The largest absolute Gasteiger partial charge is 0.311 e. The lowest BCUT2D eigenvalue weighted by atomic mass is 10.0. The highest BCUT2D eigenvalue weighted by Gasteiger charge is 2.16. The Bertz CT molecular complexity index is 3290. The predicted octanol–water partition coefficient (Wildman–Crippen LogP) is 15.4. The van der Waals surface area contributed by atoms with E-state index in [0.29, 0.717) is 0 Å². The number of nitrogens with zero attached hydrogens (tertiary/aromatic N) is 4. The lowest BCUT2D eigenvalue weighted by Gasteiger charge is -2.26. The molecular weight excluding hydrogens is 753 g/mol. The van der Waals surface area contributed by atoms with Gasteiger partial charge in [0.2, 0.25) is 0 Å². The first-order chi connectivity index (χ1) is 30.7. The van der Waals surface area contributed by atoms with E-state index in [0.717, 1.165) is 50.8 Å². The van der Waals surface area contributed by atoms with E-state index >= 15 is 0 Å². The van der Waals surface area contributed by atoms with Crippen LogP contribution in [0, 0.1) is 0 Å². The van der Waals surface area contributed by atoms with Crippen molar-refractivity contribution in [2.45, 2.75) is 0 Å². The van der Waals surface area contributed by atoms with E-state index < -0.39 is 0 Å². The van der Waals surface area contributed by atoms with Crippen LogP contribution in [0.3, 0.4) is 0 Å². The molecule has 11 aromatic rings. The third-order valence-corrected chi connectivity index (χ3v) is 11.8. The first-order valence-electron chi connectivity index (χ1n) is 21.0. The van der Waals surface area contributed by atoms with Crippen LogP contribution < -0.4 is 4.90 Å². The number of fused-ring (bicyclic) bond motifs is 3. The fraction of sp³-hybridized carbons (Fsp3) is 0. The van der Waals surface area contributed by atoms with Crippen LogP contribution >= 0.6 is 0 Å². The van der Waals surface area contributed by atoms with Crippen LogP contribution in [0.25, 0.3) is 83.4 Å². The summed E-state index contributed by atoms with van der Waals surface area (Å²) in [6.45, 7) is 0. The first kappa shape index (κ1) is 36.7. The van der Waals surface area contributed by atoms with Crippen molar-refractivity contribution < 1.29 is 0 Å². The minimum Gasteiger partial charge on any atom is -0.311 e. The second-order valence-corrected chi connectivity index (χ2v) is 15.5. The second kappa shape index (κ2) is 16.0. The van der Waals surface area contributed by atoms with Crippen LogP contribution in [-0.2, 0) is 0 Å². The zero-order chi connectivity index (χ0) is 41.2. The van der Waals surface area contributed by atoms with Gasteiger partial charge >= 0.3 is 0 Å². The van der Waals surface area contributed by atoms with Gasteiger partial charge in [-0.25, -0.2) is 9.97 Å². The number of rotatable bonds is 9. The van der Waals surface area contributed by atoms with Crippen LogP contribution in [0.5, 0.6) is 0 Å². The van der Waals surface area contributed by atoms with E-state index in [1.807, 2.05) is 6.07 Å². The summed E-state index contributed by atoms with van der Waals surface area (Å²) in [6, 6.07) is 84.2. The molecule has 0 spiro atoms. The lowest BCUT2D eigenvalue weighted by molar-refractivity contribution is 1.17. The molecule has 0 N–H and O–H groups in total. The molecule has 0 unspecified atom stereocenters. The number of hydrogen-bond acceptors (Lipinski definition) is 3. The lowest BCUT2D eigenvalue weighted by Crippen LogP contribution is -2.09. The van der Waals surface area contributed by atoms with Crippen molar-refractivity contribution in [2.24, 2.45) is 0 Å². The van der Waals surface area contributed by atoms with Gasteiger partial charge in [0.05, 0.1) is 22.4 Å². The standard InChI is InChI=1S/C58H40N4/c1-4-12-41(13-5-1)43-20-22-46(23-21-43)55-39-56(60-40-59-55)47-28-35-52(36-29-47)61(50-31-24-44(25-32-50)42-14-6-2-7-15-42)51-33-26-45(27-34-51)48-30-37-58-54(38-48)53-18-10-11-19-57(53)62(58)49-16-8-3-9-17-49/h1-40H. The molecule has 0 bridgehead atoms. The maximum atomic E-state index is 4.69. The topological polar surface area (TPSA) is 34.0 Å². The van der Waals surface area contributed by atoms with E-state index in [1.54, 1.807) is 6.33 Å². The van der Waals surface area contributed by atoms with Gasteiger partial charge < -0.3 is 9.47 Å². The maximum absolute atomic E-state index is 4.69. The van der Waals surface area contributed by atoms with Crippen LogP contribution in [0.4, 0.5) is 17.1 Å². The monoisotopic (exact) mass is 792 g/mol. The van der Waals surface area contributed by atoms with Crippen LogP contribution in [0.15, 0.2) is 243 Å². The van der Waals surface area contributed by atoms with Gasteiger partial charge in [-0.15, -0.1) is 0 Å². The van der Waals surface area contributed by atoms with Crippen molar-refractivity contribution in [2.75, 3.05) is 4.90 Å². The van der Waals surface area contributed by atoms with Gasteiger partial charge in [0.25, 0.3) is 0 Å². The number of para-hydroxylation sites is 2. The molecule has 2 heterocycles. The minimum atomic E-state index is 0.876. The van der Waals surface area contributed by atoms with Gasteiger partial charge in [-0.2, -0.15) is 0 Å². The molecule has 0 aliphatic heterocycles. The molecule has 0 atom stereocenters. The first-order valence-corrected chi connectivity index (χ1v) is 21.0. The molecule has 0 saturated carbocycles. The van der Waals surface area contributed by atoms with Gasteiger partial charge in [-0.3, -0.25) is 0 Å². The predicted molar refractivity (Wildman–Crippen MR) is 258 cm³/mol. The average Bonchev–Trinajstić information content (AvgIpc) is 3.69. The Morgan fingerprint density at radius 1 is 0.290 bits per heavy atom. The third-order valence-electron chi connectivity index (χ3n) is 11.8. The molecule has 0 aliphatic rings. The van der Waals surface area contributed by atoms with Gasteiger partial charge in [0, 0.05) is 44.6 Å². The summed E-state index contributed by atoms with van der Waals surface area (Å²) in [5.74, 6) is 0. The summed E-state index contributed by atoms with van der Waals surface area (Å²) in [4.78, 5) is 11.7. The van der Waals surface area contributed by atoms with Gasteiger partial charge in [0.15, 0.2) is 0 Å². The van der Waals surface area contributed by atoms with Crippen molar-refractivity contribution in [3.8, 4) is 61.6 Å². The molecule has 292 valence electrons. The summed E-state index contributed by atoms with van der Waals surface area (Å²) in [5, 5.41) is 2.48. The Kier molecular flexibility index (Phi) is 9.49. The third kappa shape index (κ3) is 7.00. The van der Waals surface area contributed by atoms with Crippen molar-refractivity contribution in [1.29, 1.82) is 0 Å². The molecule has 4 nitrogen and oxygen atoms in total. The van der Waals surface area contributed by atoms with Crippen LogP contribution in [0.1, 0.15) is 0 Å². The van der Waals surface area contributed by atoms with E-state index in [1.165, 1.54) is 49.6 Å². The Morgan fingerprint density at radius 2 is 0.677 bits per heavy atom. The van der Waals surface area contributed by atoms with Crippen molar-refractivity contribution in [3.05, 3.63) is 243 Å². The van der Waals surface area contributed by atoms with Crippen molar-refractivity contribution >= 4 is 38.9 Å². The Morgan fingerprint density at radius 3 is 1.23 bits per heavy atom. The van der Waals surface area contributed by atoms with Crippen LogP contribution in [-0.4, -0.2) is 14.5 Å². The molecule has 0 amide bonds. The SMILES string of the molecule is c1ccc(-c2ccc(-c3cc(-c4ccc(N(c5ccc(-c6ccccc6)cc5)c5ccc(-c6ccc7c(c6)c6ccccc6n7-c6ccccc6)cc5)cc4)ncn3)cc2)cc1. The number of hydrogen-bond donors (Lipinski definition) is 0. The van der Waals surface area contributed by atoms with E-state index in [-0.39, 0.29) is 0 Å². The smallest absolute Gasteiger partial charge is 0.116 e. The molecule has 9 aromatic carbocycles. The zero-order valence-corrected chi connectivity index (χ0v) is 33.9.